The first-order valence-corrected chi connectivity index (χ1v) is 7.76. The average molecular weight is 295 g/mol. The molecule has 0 amide bonds. The van der Waals surface area contributed by atoms with Crippen LogP contribution in [0.1, 0.15) is 17.4 Å². The third kappa shape index (κ3) is 3.50. The van der Waals surface area contributed by atoms with Crippen molar-refractivity contribution in [3.05, 3.63) is 51.2 Å². The maximum Gasteiger partial charge on any atom is 0.0642 e. The first kappa shape index (κ1) is 14.4. The molecule has 0 bridgehead atoms. The predicted molar refractivity (Wildman–Crippen MR) is 85.3 cm³/mol. The number of hydrogen-bond acceptors (Lipinski definition) is 3. The molecule has 0 atom stereocenters. The fourth-order valence-corrected chi connectivity index (χ4v) is 3.24. The first-order chi connectivity index (χ1) is 9.26. The van der Waals surface area contributed by atoms with Gasteiger partial charge in [0.25, 0.3) is 0 Å². The van der Waals surface area contributed by atoms with Gasteiger partial charge in [-0.2, -0.15) is 0 Å². The summed E-state index contributed by atoms with van der Waals surface area (Å²) in [7, 11) is 0. The van der Waals surface area contributed by atoms with Gasteiger partial charge in [0.05, 0.1) is 17.3 Å². The van der Waals surface area contributed by atoms with Gasteiger partial charge in [-0.15, -0.1) is 11.3 Å². The number of nitrogens with two attached hydrogens (primary N) is 1. The van der Waals surface area contributed by atoms with E-state index in [1.165, 1.54) is 10.4 Å². The second kappa shape index (κ2) is 6.94. The Morgan fingerprint density at radius 3 is 2.74 bits per heavy atom. The van der Waals surface area contributed by atoms with E-state index in [-0.39, 0.29) is 0 Å². The van der Waals surface area contributed by atoms with E-state index < -0.39 is 0 Å². The van der Waals surface area contributed by atoms with Gasteiger partial charge in [0.1, 0.15) is 0 Å². The highest BCUT2D eigenvalue weighted by Crippen LogP contribution is 2.31. The molecule has 0 aliphatic rings. The number of para-hydroxylation sites is 1. The molecule has 102 valence electrons. The summed E-state index contributed by atoms with van der Waals surface area (Å²) in [6.07, 6.45) is 0.858. The summed E-state index contributed by atoms with van der Waals surface area (Å²) >= 11 is 8.18. The Bertz CT molecular complexity index is 511. The summed E-state index contributed by atoms with van der Waals surface area (Å²) in [4.78, 5) is 3.67. The largest absolute Gasteiger partial charge is 0.365 e. The molecule has 0 unspecified atom stereocenters. The maximum atomic E-state index is 6.40. The van der Waals surface area contributed by atoms with E-state index in [0.717, 1.165) is 30.2 Å². The van der Waals surface area contributed by atoms with Crippen molar-refractivity contribution in [2.75, 3.05) is 18.0 Å². The highest BCUT2D eigenvalue weighted by atomic mass is 35.5. The molecule has 0 radical (unpaired) electrons. The summed E-state index contributed by atoms with van der Waals surface area (Å²) in [5, 5.41) is 2.92. The molecule has 0 saturated carbocycles. The lowest BCUT2D eigenvalue weighted by Crippen LogP contribution is -2.23. The maximum absolute atomic E-state index is 6.40. The molecule has 0 saturated heterocycles. The Labute approximate surface area is 123 Å². The summed E-state index contributed by atoms with van der Waals surface area (Å²) in [6, 6.07) is 10.3. The van der Waals surface area contributed by atoms with E-state index in [1.54, 1.807) is 11.3 Å². The third-order valence-electron chi connectivity index (χ3n) is 3.11. The molecule has 19 heavy (non-hydrogen) atoms. The van der Waals surface area contributed by atoms with E-state index in [0.29, 0.717) is 6.54 Å². The lowest BCUT2D eigenvalue weighted by atomic mass is 10.1. The van der Waals surface area contributed by atoms with Crippen molar-refractivity contribution in [1.82, 2.24) is 0 Å². The number of anilines is 1. The molecule has 0 fully saturated rings. The summed E-state index contributed by atoms with van der Waals surface area (Å²) in [6.45, 7) is 4.63. The molecule has 2 aromatic rings. The summed E-state index contributed by atoms with van der Waals surface area (Å²) < 4.78 is 0. The monoisotopic (exact) mass is 294 g/mol. The Hall–Kier alpha value is -1.03. The second-order valence-electron chi connectivity index (χ2n) is 4.38. The highest BCUT2D eigenvalue weighted by Gasteiger charge is 2.14. The molecule has 4 heteroatoms. The van der Waals surface area contributed by atoms with Crippen LogP contribution in [0.3, 0.4) is 0 Å². The normalized spacial score (nSPS) is 10.7. The van der Waals surface area contributed by atoms with Crippen molar-refractivity contribution in [3.63, 3.8) is 0 Å². The Kier molecular flexibility index (Phi) is 5.25. The standard InChI is InChI=1S/C15H19ClN2S/c1-2-18(11-13-6-4-10-19-13)15-12(8-9-17)5-3-7-14(15)16/h3-7,10H,2,8-9,11,17H2,1H3. The third-order valence-corrected chi connectivity index (χ3v) is 4.27. The molecule has 0 aliphatic heterocycles. The quantitative estimate of drug-likeness (QED) is 0.875. The molecule has 2 N–H and O–H groups in total. The van der Waals surface area contributed by atoms with Gasteiger partial charge < -0.3 is 10.6 Å². The zero-order valence-electron chi connectivity index (χ0n) is 11.1. The van der Waals surface area contributed by atoms with Crippen LogP contribution >= 0.6 is 22.9 Å². The van der Waals surface area contributed by atoms with Gasteiger partial charge in [-0.3, -0.25) is 0 Å². The number of benzene rings is 1. The van der Waals surface area contributed by atoms with Crippen LogP contribution in [0.5, 0.6) is 0 Å². The molecule has 2 rings (SSSR count). The highest BCUT2D eigenvalue weighted by molar-refractivity contribution is 7.09. The number of thiophene rings is 1. The molecular weight excluding hydrogens is 276 g/mol. The summed E-state index contributed by atoms with van der Waals surface area (Å²) in [5.74, 6) is 0. The van der Waals surface area contributed by atoms with Gasteiger partial charge in [-0.05, 0) is 43.0 Å². The topological polar surface area (TPSA) is 29.3 Å². The van der Waals surface area contributed by atoms with Crippen molar-refractivity contribution < 1.29 is 0 Å². The van der Waals surface area contributed by atoms with Crippen molar-refractivity contribution in [1.29, 1.82) is 0 Å². The van der Waals surface area contributed by atoms with Gasteiger partial charge in [0.15, 0.2) is 0 Å². The Morgan fingerprint density at radius 2 is 2.11 bits per heavy atom. The lowest BCUT2D eigenvalue weighted by Gasteiger charge is -2.26. The van der Waals surface area contributed by atoms with Gasteiger partial charge in [0.2, 0.25) is 0 Å². The SMILES string of the molecule is CCN(Cc1cccs1)c1c(Cl)cccc1CCN. The molecule has 0 spiro atoms. The van der Waals surface area contributed by atoms with E-state index in [4.69, 9.17) is 17.3 Å². The second-order valence-corrected chi connectivity index (χ2v) is 5.82. The lowest BCUT2D eigenvalue weighted by molar-refractivity contribution is 0.828. The van der Waals surface area contributed by atoms with Crippen LogP contribution in [0.4, 0.5) is 5.69 Å². The molecule has 1 aromatic carbocycles. The van der Waals surface area contributed by atoms with Crippen LogP contribution in [0, 0.1) is 0 Å². The van der Waals surface area contributed by atoms with Crippen LogP contribution in [-0.4, -0.2) is 13.1 Å². The van der Waals surface area contributed by atoms with Crippen LogP contribution < -0.4 is 10.6 Å². The molecule has 1 heterocycles. The van der Waals surface area contributed by atoms with Crippen LogP contribution in [0.25, 0.3) is 0 Å². The first-order valence-electron chi connectivity index (χ1n) is 6.51. The predicted octanol–water partition coefficient (Wildman–Crippen LogP) is 3.93. The smallest absolute Gasteiger partial charge is 0.0642 e. The number of hydrogen-bond donors (Lipinski definition) is 1. The number of nitrogens with zero attached hydrogens (tertiary/aromatic N) is 1. The summed E-state index contributed by atoms with van der Waals surface area (Å²) in [5.41, 5.74) is 8.06. The van der Waals surface area contributed by atoms with Crippen molar-refractivity contribution >= 4 is 28.6 Å². The molecule has 1 aromatic heterocycles. The minimum Gasteiger partial charge on any atom is -0.365 e. The van der Waals surface area contributed by atoms with Crippen molar-refractivity contribution in [2.45, 2.75) is 19.9 Å². The van der Waals surface area contributed by atoms with Crippen LogP contribution in [0.2, 0.25) is 5.02 Å². The van der Waals surface area contributed by atoms with E-state index in [9.17, 15) is 0 Å². The minimum atomic E-state index is 0.643. The van der Waals surface area contributed by atoms with Gasteiger partial charge in [-0.1, -0.05) is 29.8 Å². The Balaban J connectivity index is 2.31. The van der Waals surface area contributed by atoms with Gasteiger partial charge in [0, 0.05) is 11.4 Å². The molecule has 0 aliphatic carbocycles. The Morgan fingerprint density at radius 1 is 1.26 bits per heavy atom. The van der Waals surface area contributed by atoms with Crippen LogP contribution in [-0.2, 0) is 13.0 Å². The fraction of sp³-hybridized carbons (Fsp3) is 0.333. The molecular formula is C15H19ClN2S. The van der Waals surface area contributed by atoms with Crippen molar-refractivity contribution in [2.24, 2.45) is 5.73 Å². The molecule has 2 nitrogen and oxygen atoms in total. The zero-order chi connectivity index (χ0) is 13.7. The fourth-order valence-electron chi connectivity index (χ4n) is 2.21. The van der Waals surface area contributed by atoms with E-state index in [2.05, 4.69) is 35.4 Å². The zero-order valence-corrected chi connectivity index (χ0v) is 12.7. The number of halogens is 1. The average Bonchev–Trinajstić information content (AvgIpc) is 2.90. The minimum absolute atomic E-state index is 0.643. The number of rotatable bonds is 6. The van der Waals surface area contributed by atoms with E-state index >= 15 is 0 Å². The van der Waals surface area contributed by atoms with Crippen molar-refractivity contribution in [3.8, 4) is 0 Å². The van der Waals surface area contributed by atoms with E-state index in [1.807, 2.05) is 12.1 Å². The van der Waals surface area contributed by atoms with Gasteiger partial charge >= 0.3 is 0 Å². The van der Waals surface area contributed by atoms with Gasteiger partial charge in [-0.25, -0.2) is 0 Å². The van der Waals surface area contributed by atoms with Crippen LogP contribution in [0.15, 0.2) is 35.7 Å².